The summed E-state index contributed by atoms with van der Waals surface area (Å²) in [6.07, 6.45) is 4.97. The second-order valence-corrected chi connectivity index (χ2v) is 8.94. The minimum Gasteiger partial charge on any atom is -0.493 e. The van der Waals surface area contributed by atoms with Gasteiger partial charge in [-0.15, -0.1) is 11.3 Å². The fourth-order valence-electron chi connectivity index (χ4n) is 3.76. The number of nitrogens with zero attached hydrogens (tertiary/aromatic N) is 2. The van der Waals surface area contributed by atoms with E-state index in [-0.39, 0.29) is 0 Å². The zero-order chi connectivity index (χ0) is 19.8. The number of methoxy groups -OCH3 is 2. The Bertz CT molecular complexity index is 1140. The number of aromatic nitrogens is 2. The lowest BCUT2D eigenvalue weighted by Crippen LogP contribution is -2.02. The van der Waals surface area contributed by atoms with Crippen LogP contribution in [0.3, 0.4) is 0 Å². The minimum atomic E-state index is 0.681. The monoisotopic (exact) mass is 423 g/mol. The summed E-state index contributed by atoms with van der Waals surface area (Å²) in [6.45, 7) is 0. The molecule has 29 heavy (non-hydrogen) atoms. The Morgan fingerprint density at radius 1 is 0.897 bits per heavy atom. The van der Waals surface area contributed by atoms with Gasteiger partial charge in [0.05, 0.1) is 30.1 Å². The fraction of sp³-hybridized carbons (Fsp3) is 0.273. The van der Waals surface area contributed by atoms with Crippen molar-refractivity contribution in [1.29, 1.82) is 0 Å². The molecule has 0 saturated heterocycles. The van der Waals surface area contributed by atoms with Crippen LogP contribution in [-0.2, 0) is 12.8 Å². The van der Waals surface area contributed by atoms with E-state index in [9.17, 15) is 0 Å². The standard InChI is InChI=1S/C22H21N3O2S2/c1-26-18-10-16-20(11-19(18)27-2)29-22(23-16)25-21-24-17(12-28-21)15-8-7-13-5-3-4-6-14(13)9-15/h7-12H,3-6H2,1-2H3,(H,23,24,25). The molecule has 0 bridgehead atoms. The van der Waals surface area contributed by atoms with E-state index in [2.05, 4.69) is 33.9 Å². The van der Waals surface area contributed by atoms with Crippen molar-refractivity contribution in [3.8, 4) is 22.8 Å². The van der Waals surface area contributed by atoms with Gasteiger partial charge < -0.3 is 14.8 Å². The van der Waals surface area contributed by atoms with E-state index < -0.39 is 0 Å². The maximum Gasteiger partial charge on any atom is 0.190 e. The Kier molecular flexibility index (Phi) is 4.85. The van der Waals surface area contributed by atoms with Crippen molar-refractivity contribution in [3.05, 3.63) is 46.8 Å². The molecule has 1 N–H and O–H groups in total. The van der Waals surface area contributed by atoms with E-state index in [4.69, 9.17) is 14.5 Å². The Morgan fingerprint density at radius 3 is 2.52 bits per heavy atom. The molecule has 0 spiro atoms. The zero-order valence-corrected chi connectivity index (χ0v) is 18.0. The van der Waals surface area contributed by atoms with E-state index in [0.717, 1.165) is 26.2 Å². The number of ether oxygens (including phenoxy) is 2. The largest absolute Gasteiger partial charge is 0.493 e. The number of hydrogen-bond acceptors (Lipinski definition) is 7. The first-order valence-corrected chi connectivity index (χ1v) is 11.3. The SMILES string of the molecule is COc1cc2nc(Nc3nc(-c4ccc5c(c4)CCCC5)cs3)sc2cc1OC. The Morgan fingerprint density at radius 2 is 1.69 bits per heavy atom. The van der Waals surface area contributed by atoms with Crippen molar-refractivity contribution in [1.82, 2.24) is 9.97 Å². The maximum absolute atomic E-state index is 5.39. The van der Waals surface area contributed by atoms with E-state index in [1.807, 2.05) is 12.1 Å². The van der Waals surface area contributed by atoms with Crippen molar-refractivity contribution in [2.45, 2.75) is 25.7 Å². The lowest BCUT2D eigenvalue weighted by Gasteiger charge is -2.16. The van der Waals surface area contributed by atoms with Gasteiger partial charge in [-0.2, -0.15) is 0 Å². The average molecular weight is 424 g/mol. The number of rotatable bonds is 5. The number of fused-ring (bicyclic) bond motifs is 2. The van der Waals surface area contributed by atoms with Gasteiger partial charge in [0.15, 0.2) is 21.8 Å². The number of nitrogens with one attached hydrogen (secondary N) is 1. The summed E-state index contributed by atoms with van der Waals surface area (Å²) in [4.78, 5) is 9.46. The summed E-state index contributed by atoms with van der Waals surface area (Å²) < 4.78 is 11.8. The van der Waals surface area contributed by atoms with Crippen LogP contribution in [0.5, 0.6) is 11.5 Å². The van der Waals surface area contributed by atoms with Gasteiger partial charge in [-0.1, -0.05) is 23.5 Å². The molecule has 2 heterocycles. The first-order valence-electron chi connectivity index (χ1n) is 9.61. The fourth-order valence-corrected chi connectivity index (χ4v) is 5.41. The Hall–Kier alpha value is -2.64. The highest BCUT2D eigenvalue weighted by Crippen LogP contribution is 2.37. The van der Waals surface area contributed by atoms with Gasteiger partial charge in [0, 0.05) is 23.1 Å². The molecule has 0 atom stereocenters. The molecular formula is C22H21N3O2S2. The van der Waals surface area contributed by atoms with Crippen LogP contribution in [0.25, 0.3) is 21.5 Å². The van der Waals surface area contributed by atoms with Gasteiger partial charge >= 0.3 is 0 Å². The lowest BCUT2D eigenvalue weighted by atomic mass is 9.90. The van der Waals surface area contributed by atoms with E-state index in [1.165, 1.54) is 42.4 Å². The number of aryl methyl sites for hydroxylation is 2. The second kappa shape index (κ2) is 7.65. The van der Waals surface area contributed by atoms with Gasteiger partial charge in [-0.3, -0.25) is 0 Å². The predicted molar refractivity (Wildman–Crippen MR) is 120 cm³/mol. The first kappa shape index (κ1) is 18.4. The molecule has 4 aromatic rings. The van der Waals surface area contributed by atoms with Crippen LogP contribution in [-0.4, -0.2) is 24.2 Å². The number of hydrogen-bond donors (Lipinski definition) is 1. The predicted octanol–water partition coefficient (Wildman–Crippen LogP) is 6.06. The topological polar surface area (TPSA) is 56.3 Å². The van der Waals surface area contributed by atoms with Gasteiger partial charge in [-0.25, -0.2) is 9.97 Å². The molecular weight excluding hydrogens is 402 g/mol. The molecule has 2 aromatic heterocycles. The number of thiazole rings is 2. The molecule has 7 heteroatoms. The minimum absolute atomic E-state index is 0.681. The zero-order valence-electron chi connectivity index (χ0n) is 16.3. The Labute approximate surface area is 177 Å². The molecule has 0 saturated carbocycles. The molecule has 5 rings (SSSR count). The third kappa shape index (κ3) is 3.56. The van der Waals surface area contributed by atoms with Gasteiger partial charge in [-0.05, 0) is 42.9 Å². The van der Waals surface area contributed by atoms with Crippen LogP contribution in [0.2, 0.25) is 0 Å². The molecule has 5 nitrogen and oxygen atoms in total. The number of benzene rings is 2. The molecule has 1 aliphatic rings. The summed E-state index contributed by atoms with van der Waals surface area (Å²) in [5.41, 5.74) is 6.05. The first-order chi connectivity index (χ1) is 14.2. The lowest BCUT2D eigenvalue weighted by molar-refractivity contribution is 0.356. The highest BCUT2D eigenvalue weighted by molar-refractivity contribution is 7.22. The van der Waals surface area contributed by atoms with Gasteiger partial charge in [0.2, 0.25) is 0 Å². The molecule has 1 aliphatic carbocycles. The summed E-state index contributed by atoms with van der Waals surface area (Å²) in [6, 6.07) is 10.6. The molecule has 0 aliphatic heterocycles. The van der Waals surface area contributed by atoms with E-state index in [0.29, 0.717) is 11.5 Å². The summed E-state index contributed by atoms with van der Waals surface area (Å²) in [5.74, 6) is 1.39. The molecule has 2 aromatic carbocycles. The van der Waals surface area contributed by atoms with Crippen LogP contribution in [0, 0.1) is 0 Å². The van der Waals surface area contributed by atoms with Crippen LogP contribution >= 0.6 is 22.7 Å². The number of anilines is 2. The van der Waals surface area contributed by atoms with Crippen LogP contribution < -0.4 is 14.8 Å². The van der Waals surface area contributed by atoms with E-state index >= 15 is 0 Å². The molecule has 0 fully saturated rings. The molecule has 0 radical (unpaired) electrons. The third-order valence-corrected chi connectivity index (χ3v) is 6.95. The van der Waals surface area contributed by atoms with Crippen molar-refractivity contribution in [3.63, 3.8) is 0 Å². The second-order valence-electron chi connectivity index (χ2n) is 7.05. The summed E-state index contributed by atoms with van der Waals surface area (Å²) >= 11 is 3.17. The third-order valence-electron chi connectivity index (χ3n) is 5.26. The smallest absolute Gasteiger partial charge is 0.190 e. The average Bonchev–Trinajstić information content (AvgIpc) is 3.38. The summed E-state index contributed by atoms with van der Waals surface area (Å²) in [5, 5.41) is 7.11. The quantitative estimate of drug-likeness (QED) is 0.423. The maximum atomic E-state index is 5.39. The highest BCUT2D eigenvalue weighted by Gasteiger charge is 2.14. The van der Waals surface area contributed by atoms with Crippen molar-refractivity contribution in [2.24, 2.45) is 0 Å². The van der Waals surface area contributed by atoms with E-state index in [1.54, 1.807) is 36.9 Å². The molecule has 148 valence electrons. The van der Waals surface area contributed by atoms with Crippen molar-refractivity contribution >= 4 is 43.2 Å². The normalized spacial score (nSPS) is 13.3. The van der Waals surface area contributed by atoms with Crippen molar-refractivity contribution in [2.75, 3.05) is 19.5 Å². The molecule has 0 amide bonds. The molecule has 0 unspecified atom stereocenters. The summed E-state index contributed by atoms with van der Waals surface area (Å²) in [7, 11) is 3.27. The van der Waals surface area contributed by atoms with Gasteiger partial charge in [0.25, 0.3) is 0 Å². The van der Waals surface area contributed by atoms with Crippen LogP contribution in [0.1, 0.15) is 24.0 Å². The Balaban J connectivity index is 1.40. The van der Waals surface area contributed by atoms with Crippen molar-refractivity contribution < 1.29 is 9.47 Å². The van der Waals surface area contributed by atoms with Crippen LogP contribution in [0.4, 0.5) is 10.3 Å². The van der Waals surface area contributed by atoms with Crippen LogP contribution in [0.15, 0.2) is 35.7 Å². The highest BCUT2D eigenvalue weighted by atomic mass is 32.1. The van der Waals surface area contributed by atoms with Gasteiger partial charge in [0.1, 0.15) is 0 Å².